The predicted octanol–water partition coefficient (Wildman–Crippen LogP) is 3.14. The molecule has 1 heterocycles. The summed E-state index contributed by atoms with van der Waals surface area (Å²) < 4.78 is 19.3. The molecule has 0 spiro atoms. The highest BCUT2D eigenvalue weighted by atomic mass is 19.1. The molecule has 1 aliphatic carbocycles. The molecule has 4 nitrogen and oxygen atoms in total. The third kappa shape index (κ3) is 3.42. The van der Waals surface area contributed by atoms with Crippen LogP contribution in [0, 0.1) is 6.92 Å². The van der Waals surface area contributed by atoms with Crippen LogP contribution < -0.4 is 16.0 Å². The van der Waals surface area contributed by atoms with Gasteiger partial charge in [-0.1, -0.05) is 18.2 Å². The lowest BCUT2D eigenvalue weighted by molar-refractivity contribution is 0.395. The molecular weight excluding hydrogens is 245 g/mol. The molecule has 0 unspecified atom stereocenters. The molecule has 0 bridgehead atoms. The first-order valence-corrected chi connectivity index (χ1v) is 6.02. The van der Waals surface area contributed by atoms with Crippen LogP contribution in [0.15, 0.2) is 48.2 Å². The summed E-state index contributed by atoms with van der Waals surface area (Å²) in [5.41, 5.74) is 4.11. The van der Waals surface area contributed by atoms with Crippen LogP contribution in [-0.2, 0) is 0 Å². The number of rotatable bonds is 3. The largest absolute Gasteiger partial charge is 0.436 e. The molecule has 1 aliphatic rings. The zero-order valence-corrected chi connectivity index (χ0v) is 10.7. The van der Waals surface area contributed by atoms with Gasteiger partial charge in [0, 0.05) is 12.5 Å². The topological polar surface area (TPSA) is 60.2 Å². The van der Waals surface area contributed by atoms with Crippen LogP contribution in [0.3, 0.4) is 0 Å². The molecule has 19 heavy (non-hydrogen) atoms. The lowest BCUT2D eigenvalue weighted by Crippen LogP contribution is -2.09. The van der Waals surface area contributed by atoms with Crippen molar-refractivity contribution in [3.8, 4) is 5.88 Å². The van der Waals surface area contributed by atoms with E-state index in [1.807, 2.05) is 19.1 Å². The normalized spacial score (nSPS) is 22.3. The fraction of sp³-hybridized carbons (Fsp3) is 0.214. The van der Waals surface area contributed by atoms with Crippen molar-refractivity contribution in [1.82, 2.24) is 4.98 Å². The fourth-order valence-corrected chi connectivity index (χ4v) is 1.67. The van der Waals surface area contributed by atoms with Crippen LogP contribution in [0.4, 0.5) is 10.1 Å². The molecule has 0 amide bonds. The molecule has 1 aromatic rings. The molecule has 0 saturated carbocycles. The van der Waals surface area contributed by atoms with Gasteiger partial charge in [-0.2, -0.15) is 0 Å². The molecule has 0 aliphatic heterocycles. The zero-order valence-electron chi connectivity index (χ0n) is 10.7. The third-order valence-corrected chi connectivity index (χ3v) is 2.73. The molecule has 100 valence electrons. The average molecular weight is 261 g/mol. The summed E-state index contributed by atoms with van der Waals surface area (Å²) in [6.45, 7) is 1.87. The Kier molecular flexibility index (Phi) is 4.30. The molecule has 0 saturated heterocycles. The van der Waals surface area contributed by atoms with Gasteiger partial charge in [-0.25, -0.2) is 9.37 Å². The molecule has 5 heteroatoms. The SMILES string of the molecule is Cc1cc(OC2=C(\F)C/C=C\C/C=C\2)ncc1NN. The number of aryl methyl sites for hydroxylation is 1. The minimum Gasteiger partial charge on any atom is -0.436 e. The minimum atomic E-state index is -0.312. The first-order chi connectivity index (χ1) is 9.20. The number of nitrogens with two attached hydrogens (primary N) is 1. The Morgan fingerprint density at radius 1 is 1.37 bits per heavy atom. The molecule has 0 fully saturated rings. The third-order valence-electron chi connectivity index (χ3n) is 2.73. The number of anilines is 1. The summed E-state index contributed by atoms with van der Waals surface area (Å²) in [5, 5.41) is 0. The van der Waals surface area contributed by atoms with E-state index in [0.29, 0.717) is 11.6 Å². The van der Waals surface area contributed by atoms with Gasteiger partial charge in [-0.3, -0.25) is 5.84 Å². The van der Waals surface area contributed by atoms with E-state index in [1.165, 1.54) is 0 Å². The van der Waals surface area contributed by atoms with Crippen molar-refractivity contribution in [3.05, 3.63) is 53.7 Å². The van der Waals surface area contributed by atoms with Gasteiger partial charge in [0.15, 0.2) is 5.76 Å². The van der Waals surface area contributed by atoms with Gasteiger partial charge < -0.3 is 10.2 Å². The summed E-state index contributed by atoms with van der Waals surface area (Å²) in [7, 11) is 0. The van der Waals surface area contributed by atoms with Crippen molar-refractivity contribution in [1.29, 1.82) is 0 Å². The highest BCUT2D eigenvalue weighted by Gasteiger charge is 2.09. The van der Waals surface area contributed by atoms with Crippen LogP contribution in [0.2, 0.25) is 0 Å². The monoisotopic (exact) mass is 261 g/mol. The van der Waals surface area contributed by atoms with Gasteiger partial charge in [-0.15, -0.1) is 0 Å². The Hall–Kier alpha value is -2.14. The summed E-state index contributed by atoms with van der Waals surface area (Å²) in [4.78, 5) is 4.08. The number of allylic oxidation sites excluding steroid dienone is 5. The van der Waals surface area contributed by atoms with Crippen molar-refractivity contribution in [2.75, 3.05) is 5.43 Å². The Labute approximate surface area is 111 Å². The van der Waals surface area contributed by atoms with Gasteiger partial charge in [0.25, 0.3) is 0 Å². The van der Waals surface area contributed by atoms with E-state index in [-0.39, 0.29) is 18.0 Å². The van der Waals surface area contributed by atoms with Crippen LogP contribution in [0.1, 0.15) is 18.4 Å². The highest BCUT2D eigenvalue weighted by Crippen LogP contribution is 2.22. The maximum Gasteiger partial charge on any atom is 0.219 e. The van der Waals surface area contributed by atoms with Gasteiger partial charge >= 0.3 is 0 Å². The Morgan fingerprint density at radius 3 is 2.95 bits per heavy atom. The van der Waals surface area contributed by atoms with E-state index < -0.39 is 0 Å². The smallest absolute Gasteiger partial charge is 0.219 e. The molecule has 0 aromatic carbocycles. The van der Waals surface area contributed by atoms with E-state index in [1.54, 1.807) is 24.4 Å². The quantitative estimate of drug-likeness (QED) is 0.498. The molecule has 0 radical (unpaired) electrons. The molecule has 3 N–H and O–H groups in total. The fourth-order valence-electron chi connectivity index (χ4n) is 1.67. The average Bonchev–Trinajstić information content (AvgIpc) is 2.39. The van der Waals surface area contributed by atoms with Gasteiger partial charge in [-0.05, 0) is 25.0 Å². The van der Waals surface area contributed by atoms with Crippen LogP contribution in [0.25, 0.3) is 0 Å². The van der Waals surface area contributed by atoms with E-state index >= 15 is 0 Å². The van der Waals surface area contributed by atoms with Crippen molar-refractivity contribution in [2.24, 2.45) is 5.84 Å². The first-order valence-electron chi connectivity index (χ1n) is 6.02. The minimum absolute atomic E-state index is 0.199. The first kappa shape index (κ1) is 13.3. The van der Waals surface area contributed by atoms with Crippen molar-refractivity contribution in [2.45, 2.75) is 19.8 Å². The van der Waals surface area contributed by atoms with E-state index in [9.17, 15) is 4.39 Å². The van der Waals surface area contributed by atoms with Crippen LogP contribution >= 0.6 is 0 Å². The summed E-state index contributed by atoms with van der Waals surface area (Å²) in [5.74, 6) is 5.56. The molecular formula is C14H16FN3O. The maximum absolute atomic E-state index is 13.8. The summed E-state index contributed by atoms with van der Waals surface area (Å²) >= 11 is 0. The number of hydrogen-bond acceptors (Lipinski definition) is 4. The number of nitrogens with zero attached hydrogens (tertiary/aromatic N) is 1. The summed E-state index contributed by atoms with van der Waals surface area (Å²) in [6, 6.07) is 1.71. The maximum atomic E-state index is 13.8. The lowest BCUT2D eigenvalue weighted by Gasteiger charge is -2.10. The number of nitrogens with one attached hydrogen (secondary N) is 1. The van der Waals surface area contributed by atoms with E-state index in [0.717, 1.165) is 12.0 Å². The number of hydrazine groups is 1. The number of ether oxygens (including phenoxy) is 1. The van der Waals surface area contributed by atoms with Crippen LogP contribution in [0.5, 0.6) is 5.88 Å². The van der Waals surface area contributed by atoms with Gasteiger partial charge in [0.05, 0.1) is 11.9 Å². The number of pyridine rings is 1. The van der Waals surface area contributed by atoms with E-state index in [4.69, 9.17) is 10.6 Å². The second kappa shape index (κ2) is 6.15. The van der Waals surface area contributed by atoms with Gasteiger partial charge in [0.1, 0.15) is 5.83 Å². The van der Waals surface area contributed by atoms with Crippen molar-refractivity contribution < 1.29 is 9.13 Å². The number of aromatic nitrogens is 1. The predicted molar refractivity (Wildman–Crippen MR) is 73.1 cm³/mol. The van der Waals surface area contributed by atoms with E-state index in [2.05, 4.69) is 10.4 Å². The van der Waals surface area contributed by atoms with Crippen molar-refractivity contribution >= 4 is 5.69 Å². The van der Waals surface area contributed by atoms with Crippen LogP contribution in [-0.4, -0.2) is 4.98 Å². The summed E-state index contributed by atoms with van der Waals surface area (Å²) in [6.07, 6.45) is 9.72. The second-order valence-corrected chi connectivity index (χ2v) is 4.17. The number of nitrogen functional groups attached to an aromatic ring is 1. The Bertz CT molecular complexity index is 550. The molecule has 0 atom stereocenters. The van der Waals surface area contributed by atoms with Gasteiger partial charge in [0.2, 0.25) is 5.88 Å². The molecule has 2 rings (SSSR count). The standard InChI is InChI=1S/C14H16FN3O/c1-10-8-14(17-9-12(10)18-16)19-13-7-5-3-2-4-6-11(13)15/h2,4-5,7-9,18H,3,6,16H2,1H3/b4-2-,7-5-,13-11-. The van der Waals surface area contributed by atoms with Crippen molar-refractivity contribution in [3.63, 3.8) is 0 Å². The highest BCUT2D eigenvalue weighted by molar-refractivity contribution is 5.49. The molecule has 1 aromatic heterocycles. The Balaban J connectivity index is 2.22. The zero-order chi connectivity index (χ0) is 13.7. The lowest BCUT2D eigenvalue weighted by atomic mass is 10.2. The second-order valence-electron chi connectivity index (χ2n) is 4.17. The number of halogens is 1. The Morgan fingerprint density at radius 2 is 2.21 bits per heavy atom. The number of hydrogen-bond donors (Lipinski definition) is 2.